The second-order valence-corrected chi connectivity index (χ2v) is 8.09. The number of carboxylic acids is 1. The molecule has 186 valence electrons. The van der Waals surface area contributed by atoms with Crippen LogP contribution in [0.5, 0.6) is 0 Å². The Balaban J connectivity index is 2.22. The Hall–Kier alpha value is -3.13. The van der Waals surface area contributed by atoms with Crippen LogP contribution < -0.4 is 21.7 Å². The van der Waals surface area contributed by atoms with Crippen LogP contribution in [0.2, 0.25) is 0 Å². The number of carbonyl (C=O) groups excluding carboxylic acids is 3. The molecule has 0 fully saturated rings. The van der Waals surface area contributed by atoms with Crippen LogP contribution in [0, 0.1) is 0 Å². The lowest BCUT2D eigenvalue weighted by Gasteiger charge is -2.25. The fourth-order valence-electron chi connectivity index (χ4n) is 3.20. The van der Waals surface area contributed by atoms with E-state index in [4.69, 9.17) is 15.9 Å². The van der Waals surface area contributed by atoms with Crippen LogP contribution in [-0.4, -0.2) is 86.6 Å². The molecule has 1 aromatic heterocycles. The van der Waals surface area contributed by atoms with Crippen molar-refractivity contribution >= 4 is 47.2 Å². The number of carboxylic acid groups (broad SMARTS) is 1. The minimum Gasteiger partial charge on any atom is -0.480 e. The van der Waals surface area contributed by atoms with Crippen molar-refractivity contribution in [3.63, 3.8) is 0 Å². The number of nitrogens with two attached hydrogens (primary N) is 1. The Labute approximate surface area is 200 Å². The number of carbonyl (C=O) groups is 4. The summed E-state index contributed by atoms with van der Waals surface area (Å²) in [4.78, 5) is 52.2. The molecular weight excluding hydrogens is 466 g/mol. The van der Waals surface area contributed by atoms with Gasteiger partial charge in [-0.2, -0.15) is 12.6 Å². The maximum absolute atomic E-state index is 13.1. The summed E-state index contributed by atoms with van der Waals surface area (Å²) in [5.74, 6) is -4.03. The maximum atomic E-state index is 13.1. The van der Waals surface area contributed by atoms with E-state index in [0.717, 1.165) is 10.9 Å². The number of fused-ring (bicyclic) bond motifs is 1. The Morgan fingerprint density at radius 1 is 1.06 bits per heavy atom. The third-order valence-electron chi connectivity index (χ3n) is 5.13. The van der Waals surface area contributed by atoms with Crippen LogP contribution in [0.15, 0.2) is 30.5 Å². The second-order valence-electron chi connectivity index (χ2n) is 7.72. The number of rotatable bonds is 12. The molecule has 34 heavy (non-hydrogen) atoms. The van der Waals surface area contributed by atoms with Gasteiger partial charge >= 0.3 is 5.97 Å². The maximum Gasteiger partial charge on any atom is 0.328 e. The van der Waals surface area contributed by atoms with Crippen molar-refractivity contribution < 1.29 is 34.5 Å². The van der Waals surface area contributed by atoms with Crippen LogP contribution in [-0.2, 0) is 25.6 Å². The summed E-state index contributed by atoms with van der Waals surface area (Å²) < 4.78 is 0. The van der Waals surface area contributed by atoms with Gasteiger partial charge in [0.1, 0.15) is 18.1 Å². The first kappa shape index (κ1) is 27.1. The lowest BCUT2D eigenvalue weighted by atomic mass is 10.0. The minimum absolute atomic E-state index is 0.0338. The summed E-state index contributed by atoms with van der Waals surface area (Å²) in [5, 5.41) is 35.8. The number of H-pyrrole nitrogens is 1. The van der Waals surface area contributed by atoms with Crippen molar-refractivity contribution in [2.24, 2.45) is 5.73 Å². The van der Waals surface area contributed by atoms with Crippen LogP contribution in [0.4, 0.5) is 0 Å². The van der Waals surface area contributed by atoms with Gasteiger partial charge in [-0.15, -0.1) is 0 Å². The standard InChI is InChI=1S/C21H29N5O7S/c1-10(28)17(21(32)33)26-20(31)16(9-34)25-19(30)15(24-18(29)13(22)8-27)6-11-7-23-14-5-3-2-4-12(11)14/h2-5,7,10,13,15-17,23,27-28,34H,6,8-9,22H2,1H3,(H,24,29)(H,25,30)(H,26,31)(H,32,33). The smallest absolute Gasteiger partial charge is 0.328 e. The molecule has 9 N–H and O–H groups in total. The number of thiol groups is 1. The molecule has 0 spiro atoms. The van der Waals surface area contributed by atoms with Gasteiger partial charge in [0.05, 0.1) is 12.7 Å². The van der Waals surface area contributed by atoms with Gasteiger partial charge in [0.15, 0.2) is 6.04 Å². The van der Waals surface area contributed by atoms with E-state index in [1.807, 2.05) is 24.3 Å². The zero-order valence-corrected chi connectivity index (χ0v) is 19.3. The van der Waals surface area contributed by atoms with Gasteiger partial charge in [0, 0.05) is 29.3 Å². The van der Waals surface area contributed by atoms with Gasteiger partial charge < -0.3 is 42.0 Å². The molecule has 0 saturated heterocycles. The molecule has 0 aliphatic heterocycles. The third kappa shape index (κ3) is 6.93. The number of aliphatic carboxylic acids is 1. The van der Waals surface area contributed by atoms with Gasteiger partial charge in [-0.3, -0.25) is 14.4 Å². The molecule has 1 aromatic carbocycles. The van der Waals surface area contributed by atoms with Crippen LogP contribution in [0.1, 0.15) is 12.5 Å². The quantitative estimate of drug-likeness (QED) is 0.148. The number of hydrogen-bond acceptors (Lipinski definition) is 8. The molecule has 1 heterocycles. The zero-order chi connectivity index (χ0) is 25.4. The number of nitrogens with one attached hydrogen (secondary N) is 4. The molecule has 0 aliphatic carbocycles. The Morgan fingerprint density at radius 3 is 2.26 bits per heavy atom. The molecule has 2 aromatic rings. The first-order chi connectivity index (χ1) is 16.1. The van der Waals surface area contributed by atoms with Gasteiger partial charge in [-0.1, -0.05) is 18.2 Å². The molecule has 3 amide bonds. The monoisotopic (exact) mass is 495 g/mol. The van der Waals surface area contributed by atoms with Crippen LogP contribution in [0.3, 0.4) is 0 Å². The number of para-hydroxylation sites is 1. The largest absolute Gasteiger partial charge is 0.480 e. The molecule has 2 rings (SSSR count). The molecule has 13 heteroatoms. The lowest BCUT2D eigenvalue weighted by Crippen LogP contribution is -2.59. The average molecular weight is 496 g/mol. The van der Waals surface area contributed by atoms with E-state index in [2.05, 4.69) is 33.6 Å². The molecule has 12 nitrogen and oxygen atoms in total. The normalized spacial score (nSPS) is 15.6. The summed E-state index contributed by atoms with van der Waals surface area (Å²) in [6.45, 7) is 0.565. The Kier molecular flexibility index (Phi) is 9.86. The molecule has 0 bridgehead atoms. The molecular formula is C21H29N5O7S. The van der Waals surface area contributed by atoms with E-state index in [9.17, 15) is 24.3 Å². The van der Waals surface area contributed by atoms with E-state index in [0.29, 0.717) is 5.56 Å². The molecule has 0 radical (unpaired) electrons. The van der Waals surface area contributed by atoms with Crippen molar-refractivity contribution in [2.45, 2.75) is 43.6 Å². The molecule has 0 aliphatic rings. The summed E-state index contributed by atoms with van der Waals surface area (Å²) >= 11 is 4.05. The summed E-state index contributed by atoms with van der Waals surface area (Å²) in [6, 6.07) is 2.05. The zero-order valence-electron chi connectivity index (χ0n) is 18.4. The van der Waals surface area contributed by atoms with Gasteiger partial charge in [0.2, 0.25) is 17.7 Å². The highest BCUT2D eigenvalue weighted by atomic mass is 32.1. The average Bonchev–Trinajstić information content (AvgIpc) is 3.21. The number of aromatic amines is 1. The highest BCUT2D eigenvalue weighted by Gasteiger charge is 2.31. The Morgan fingerprint density at radius 2 is 1.68 bits per heavy atom. The number of hydrogen-bond donors (Lipinski definition) is 9. The highest BCUT2D eigenvalue weighted by Crippen LogP contribution is 2.19. The molecule has 5 atom stereocenters. The highest BCUT2D eigenvalue weighted by molar-refractivity contribution is 7.80. The fourth-order valence-corrected chi connectivity index (χ4v) is 3.46. The topological polar surface area (TPSA) is 207 Å². The predicted octanol–water partition coefficient (Wildman–Crippen LogP) is -2.12. The van der Waals surface area contributed by atoms with Crippen LogP contribution >= 0.6 is 12.6 Å². The number of aliphatic hydroxyl groups excluding tert-OH is 2. The minimum atomic E-state index is -1.59. The van der Waals surface area contributed by atoms with Gasteiger partial charge in [0.25, 0.3) is 0 Å². The first-order valence-corrected chi connectivity index (χ1v) is 11.1. The third-order valence-corrected chi connectivity index (χ3v) is 5.49. The summed E-state index contributed by atoms with van der Waals surface area (Å²) in [7, 11) is 0. The predicted molar refractivity (Wildman–Crippen MR) is 126 cm³/mol. The molecule has 5 unspecified atom stereocenters. The number of benzene rings is 1. The first-order valence-electron chi connectivity index (χ1n) is 10.4. The van der Waals surface area contributed by atoms with Crippen molar-refractivity contribution in [3.8, 4) is 0 Å². The Bertz CT molecular complexity index is 1030. The van der Waals surface area contributed by atoms with Crippen LogP contribution in [0.25, 0.3) is 10.9 Å². The molecule has 0 saturated carbocycles. The van der Waals surface area contributed by atoms with Crippen molar-refractivity contribution in [1.82, 2.24) is 20.9 Å². The lowest BCUT2D eigenvalue weighted by molar-refractivity contribution is -0.145. The van der Waals surface area contributed by atoms with Crippen molar-refractivity contribution in [3.05, 3.63) is 36.0 Å². The van der Waals surface area contributed by atoms with E-state index in [1.54, 1.807) is 6.20 Å². The SMILES string of the molecule is CC(O)C(NC(=O)C(CS)NC(=O)C(Cc1c[nH]c2ccccc12)NC(=O)C(N)CO)C(=O)O. The summed E-state index contributed by atoms with van der Waals surface area (Å²) in [6.07, 6.45) is 0.337. The van der Waals surface area contributed by atoms with Crippen molar-refractivity contribution in [1.29, 1.82) is 0 Å². The van der Waals surface area contributed by atoms with Gasteiger partial charge in [-0.25, -0.2) is 4.79 Å². The number of amides is 3. The second kappa shape index (κ2) is 12.4. The van der Waals surface area contributed by atoms with Gasteiger partial charge in [-0.05, 0) is 18.6 Å². The number of aliphatic hydroxyl groups is 2. The van der Waals surface area contributed by atoms with E-state index in [1.165, 1.54) is 6.92 Å². The van der Waals surface area contributed by atoms with E-state index in [-0.39, 0.29) is 12.2 Å². The van der Waals surface area contributed by atoms with E-state index < -0.39 is 60.6 Å². The number of aromatic nitrogens is 1. The van der Waals surface area contributed by atoms with Crippen molar-refractivity contribution in [2.75, 3.05) is 12.4 Å². The fraction of sp³-hybridized carbons (Fsp3) is 0.429. The van der Waals surface area contributed by atoms with E-state index >= 15 is 0 Å². The summed E-state index contributed by atoms with van der Waals surface area (Å²) in [5.41, 5.74) is 7.09.